The Kier molecular flexibility index (Phi) is 8.85. The van der Waals surface area contributed by atoms with E-state index in [9.17, 15) is 5.11 Å². The van der Waals surface area contributed by atoms with Crippen LogP contribution in [0.4, 0.5) is 0 Å². The number of para-hydroxylation sites is 2. The number of rotatable bonds is 12. The van der Waals surface area contributed by atoms with E-state index in [1.165, 1.54) is 0 Å². The Morgan fingerprint density at radius 1 is 1.00 bits per heavy atom. The first-order valence-electron chi connectivity index (χ1n) is 11.4. The van der Waals surface area contributed by atoms with Gasteiger partial charge in [-0.1, -0.05) is 43.3 Å². The van der Waals surface area contributed by atoms with E-state index in [1.807, 2.05) is 72.3 Å². The Labute approximate surface area is 191 Å². The molecule has 0 amide bonds. The molecule has 0 aliphatic heterocycles. The van der Waals surface area contributed by atoms with E-state index in [0.717, 1.165) is 29.1 Å². The average molecular weight is 438 g/mol. The van der Waals surface area contributed by atoms with Crippen LogP contribution in [0.15, 0.2) is 60.7 Å². The first kappa shape index (κ1) is 24.0. The second-order valence-corrected chi connectivity index (χ2v) is 8.08. The van der Waals surface area contributed by atoms with Crippen molar-refractivity contribution in [3.8, 4) is 17.3 Å². The van der Waals surface area contributed by atoms with Gasteiger partial charge in [0.15, 0.2) is 0 Å². The summed E-state index contributed by atoms with van der Waals surface area (Å²) < 4.78 is 13.7. The molecule has 3 rings (SSSR count). The fourth-order valence-corrected chi connectivity index (χ4v) is 3.61. The van der Waals surface area contributed by atoms with Crippen molar-refractivity contribution >= 4 is 0 Å². The van der Waals surface area contributed by atoms with Crippen LogP contribution in [0.2, 0.25) is 0 Å². The number of aromatic nitrogens is 2. The van der Waals surface area contributed by atoms with Crippen molar-refractivity contribution in [2.45, 2.75) is 52.8 Å². The number of hydrogen-bond donors (Lipinski definition) is 1. The van der Waals surface area contributed by atoms with Crippen LogP contribution in [-0.2, 0) is 17.7 Å². The van der Waals surface area contributed by atoms with E-state index >= 15 is 0 Å². The smallest absolute Gasteiger partial charge is 0.227 e. The van der Waals surface area contributed by atoms with Gasteiger partial charge in [-0.2, -0.15) is 5.10 Å². The summed E-state index contributed by atoms with van der Waals surface area (Å²) in [6.45, 7) is 10.4. The number of aliphatic hydroxyl groups is 1. The maximum Gasteiger partial charge on any atom is 0.227 e. The molecule has 0 spiro atoms. The number of aliphatic hydroxyl groups excluding tert-OH is 1. The molecule has 1 atom stereocenters. The zero-order chi connectivity index (χ0) is 22.9. The average Bonchev–Trinajstić information content (AvgIpc) is 3.15. The summed E-state index contributed by atoms with van der Waals surface area (Å²) in [5, 5.41) is 15.4. The second kappa shape index (κ2) is 11.8. The molecule has 172 valence electrons. The molecule has 0 saturated heterocycles. The summed E-state index contributed by atoms with van der Waals surface area (Å²) in [5.41, 5.74) is 2.98. The van der Waals surface area contributed by atoms with Crippen LogP contribution in [-0.4, -0.2) is 51.7 Å². The molecular formula is C26H35N3O3. The SMILES string of the molecule is CCOC[C@@H](O)CN(Cc1c(CC)nn(-c2ccccc2)c1Oc1ccccc1)C(C)C. The number of aryl methyl sites for hydroxylation is 1. The molecule has 1 heterocycles. The van der Waals surface area contributed by atoms with Crippen molar-refractivity contribution in [3.63, 3.8) is 0 Å². The van der Waals surface area contributed by atoms with E-state index in [-0.39, 0.29) is 6.04 Å². The van der Waals surface area contributed by atoms with E-state index < -0.39 is 6.10 Å². The molecule has 0 bridgehead atoms. The molecule has 6 heteroatoms. The molecule has 0 aliphatic carbocycles. The maximum absolute atomic E-state index is 10.5. The van der Waals surface area contributed by atoms with Crippen LogP contribution in [0.25, 0.3) is 5.69 Å². The summed E-state index contributed by atoms with van der Waals surface area (Å²) in [4.78, 5) is 2.24. The maximum atomic E-state index is 10.5. The lowest BCUT2D eigenvalue weighted by molar-refractivity contribution is 0.0131. The molecule has 0 aliphatic rings. The zero-order valence-corrected chi connectivity index (χ0v) is 19.6. The van der Waals surface area contributed by atoms with Crippen LogP contribution in [0.5, 0.6) is 11.6 Å². The van der Waals surface area contributed by atoms with E-state index in [2.05, 4.69) is 25.7 Å². The topological polar surface area (TPSA) is 59.8 Å². The van der Waals surface area contributed by atoms with Crippen molar-refractivity contribution in [3.05, 3.63) is 71.9 Å². The second-order valence-electron chi connectivity index (χ2n) is 8.08. The standard InChI is InChI=1S/C26H35N3O3/c1-5-25-24(18-28(20(3)4)17-22(30)19-31-6-2)26(32-23-15-11-8-12-16-23)29(27-25)21-13-9-7-10-14-21/h7-16,20,22,30H,5-6,17-19H2,1-4H3/t22-/m0/s1. The van der Waals surface area contributed by atoms with Gasteiger partial charge in [0, 0.05) is 25.7 Å². The third kappa shape index (κ3) is 6.19. The van der Waals surface area contributed by atoms with Crippen molar-refractivity contribution in [1.82, 2.24) is 14.7 Å². The molecule has 2 aromatic carbocycles. The summed E-state index contributed by atoms with van der Waals surface area (Å²) >= 11 is 0. The fourth-order valence-electron chi connectivity index (χ4n) is 3.61. The minimum atomic E-state index is -0.551. The molecule has 3 aromatic rings. The highest BCUT2D eigenvalue weighted by molar-refractivity contribution is 5.43. The van der Waals surface area contributed by atoms with Crippen molar-refractivity contribution in [2.24, 2.45) is 0 Å². The summed E-state index contributed by atoms with van der Waals surface area (Å²) in [6.07, 6.45) is 0.235. The molecule has 0 saturated carbocycles. The first-order chi connectivity index (χ1) is 15.5. The third-order valence-corrected chi connectivity index (χ3v) is 5.36. The van der Waals surface area contributed by atoms with Gasteiger partial charge < -0.3 is 14.6 Å². The van der Waals surface area contributed by atoms with E-state index in [1.54, 1.807) is 0 Å². The fraction of sp³-hybridized carbons (Fsp3) is 0.423. The molecule has 32 heavy (non-hydrogen) atoms. The molecular weight excluding hydrogens is 402 g/mol. The number of hydrogen-bond acceptors (Lipinski definition) is 5. The molecule has 0 fully saturated rings. The molecule has 0 unspecified atom stereocenters. The van der Waals surface area contributed by atoms with Gasteiger partial charge in [0.1, 0.15) is 5.75 Å². The normalized spacial score (nSPS) is 12.5. The summed E-state index contributed by atoms with van der Waals surface area (Å²) in [5.74, 6) is 1.48. The Bertz CT molecular complexity index is 942. The van der Waals surface area contributed by atoms with Crippen LogP contribution < -0.4 is 4.74 Å². The van der Waals surface area contributed by atoms with Gasteiger partial charge in [-0.05, 0) is 51.5 Å². The Morgan fingerprint density at radius 2 is 1.66 bits per heavy atom. The zero-order valence-electron chi connectivity index (χ0n) is 19.6. The van der Waals surface area contributed by atoms with Crippen molar-refractivity contribution in [2.75, 3.05) is 19.8 Å². The van der Waals surface area contributed by atoms with E-state index in [0.29, 0.717) is 32.2 Å². The largest absolute Gasteiger partial charge is 0.439 e. The lowest BCUT2D eigenvalue weighted by atomic mass is 10.1. The monoisotopic (exact) mass is 437 g/mol. The van der Waals surface area contributed by atoms with Crippen LogP contribution >= 0.6 is 0 Å². The third-order valence-electron chi connectivity index (χ3n) is 5.36. The summed E-state index contributed by atoms with van der Waals surface area (Å²) in [7, 11) is 0. The Balaban J connectivity index is 1.99. The molecule has 6 nitrogen and oxygen atoms in total. The Morgan fingerprint density at radius 3 is 2.25 bits per heavy atom. The summed E-state index contributed by atoms with van der Waals surface area (Å²) in [6, 6.07) is 20.1. The van der Waals surface area contributed by atoms with Gasteiger partial charge in [0.25, 0.3) is 0 Å². The van der Waals surface area contributed by atoms with Gasteiger partial charge in [-0.25, -0.2) is 4.68 Å². The number of benzene rings is 2. The lowest BCUT2D eigenvalue weighted by Crippen LogP contribution is -2.39. The highest BCUT2D eigenvalue weighted by atomic mass is 16.5. The van der Waals surface area contributed by atoms with Crippen molar-refractivity contribution in [1.29, 1.82) is 0 Å². The number of nitrogens with zero attached hydrogens (tertiary/aromatic N) is 3. The molecule has 0 radical (unpaired) electrons. The van der Waals surface area contributed by atoms with Crippen LogP contribution in [0.3, 0.4) is 0 Å². The molecule has 1 N–H and O–H groups in total. The first-order valence-corrected chi connectivity index (χ1v) is 11.4. The predicted octanol–water partition coefficient (Wildman–Crippen LogP) is 4.83. The predicted molar refractivity (Wildman–Crippen MR) is 128 cm³/mol. The van der Waals surface area contributed by atoms with Crippen molar-refractivity contribution < 1.29 is 14.6 Å². The highest BCUT2D eigenvalue weighted by Gasteiger charge is 2.24. The molecule has 1 aromatic heterocycles. The quantitative estimate of drug-likeness (QED) is 0.440. The van der Waals surface area contributed by atoms with Gasteiger partial charge in [-0.15, -0.1) is 0 Å². The van der Waals surface area contributed by atoms with Crippen LogP contribution in [0, 0.1) is 0 Å². The Hall–Kier alpha value is -2.67. The van der Waals surface area contributed by atoms with Gasteiger partial charge in [0.2, 0.25) is 5.88 Å². The number of ether oxygens (including phenoxy) is 2. The van der Waals surface area contributed by atoms with Gasteiger partial charge in [0.05, 0.1) is 29.7 Å². The minimum Gasteiger partial charge on any atom is -0.439 e. The minimum absolute atomic E-state index is 0.237. The van der Waals surface area contributed by atoms with E-state index in [4.69, 9.17) is 14.6 Å². The lowest BCUT2D eigenvalue weighted by Gasteiger charge is -2.29. The van der Waals surface area contributed by atoms with Gasteiger partial charge in [-0.3, -0.25) is 4.90 Å². The van der Waals surface area contributed by atoms with Gasteiger partial charge >= 0.3 is 0 Å². The van der Waals surface area contributed by atoms with Crippen LogP contribution in [0.1, 0.15) is 39.0 Å². The highest BCUT2D eigenvalue weighted by Crippen LogP contribution is 2.32.